The number of carbonyl (C=O) groups is 1. The van der Waals surface area contributed by atoms with Crippen molar-refractivity contribution in [1.82, 2.24) is 10.6 Å². The third kappa shape index (κ3) is 3.86. The van der Waals surface area contributed by atoms with Crippen LogP contribution in [0.3, 0.4) is 0 Å². The number of hydrogen-bond acceptors (Lipinski definition) is 2. The Morgan fingerprint density at radius 1 is 1.53 bits per heavy atom. The zero-order valence-electron chi connectivity index (χ0n) is 10.3. The van der Waals surface area contributed by atoms with Gasteiger partial charge in [0.1, 0.15) is 0 Å². The van der Waals surface area contributed by atoms with Gasteiger partial charge < -0.3 is 10.6 Å². The first-order valence-corrected chi connectivity index (χ1v) is 6.27. The number of nitrogens with one attached hydrogen (secondary N) is 2. The molecule has 1 amide bonds. The van der Waals surface area contributed by atoms with Crippen molar-refractivity contribution in [3.05, 3.63) is 35.4 Å². The molecule has 0 bridgehead atoms. The normalized spacial score (nSPS) is 19.2. The molecule has 0 radical (unpaired) electrons. The first kappa shape index (κ1) is 12.1. The molecule has 3 nitrogen and oxygen atoms in total. The van der Waals surface area contributed by atoms with E-state index in [-0.39, 0.29) is 5.91 Å². The van der Waals surface area contributed by atoms with Crippen LogP contribution in [0, 0.1) is 12.8 Å². The summed E-state index contributed by atoms with van der Waals surface area (Å²) in [4.78, 5) is 11.7. The molecule has 1 unspecified atom stereocenters. The average Bonchev–Trinajstić information content (AvgIpc) is 2.79. The van der Waals surface area contributed by atoms with Gasteiger partial charge in [-0.05, 0) is 37.9 Å². The van der Waals surface area contributed by atoms with Gasteiger partial charge in [-0.15, -0.1) is 0 Å². The zero-order chi connectivity index (χ0) is 12.1. The molecule has 0 aliphatic carbocycles. The minimum Gasteiger partial charge on any atom is -0.355 e. The van der Waals surface area contributed by atoms with Crippen molar-refractivity contribution in [3.63, 3.8) is 0 Å². The highest BCUT2D eigenvalue weighted by Gasteiger charge is 2.15. The number of carbonyl (C=O) groups excluding carboxylic acids is 1. The van der Waals surface area contributed by atoms with Gasteiger partial charge in [0.05, 0.1) is 6.42 Å². The number of rotatable bonds is 4. The Balaban J connectivity index is 1.76. The number of aryl methyl sites for hydroxylation is 1. The highest BCUT2D eigenvalue weighted by Crippen LogP contribution is 2.07. The maximum atomic E-state index is 11.7. The van der Waals surface area contributed by atoms with E-state index in [2.05, 4.69) is 16.7 Å². The van der Waals surface area contributed by atoms with Crippen molar-refractivity contribution in [2.45, 2.75) is 19.8 Å². The average molecular weight is 232 g/mol. The Hall–Kier alpha value is -1.35. The summed E-state index contributed by atoms with van der Waals surface area (Å²) in [5.74, 6) is 0.735. The Morgan fingerprint density at radius 3 is 3.12 bits per heavy atom. The van der Waals surface area contributed by atoms with E-state index in [4.69, 9.17) is 0 Å². The van der Waals surface area contributed by atoms with E-state index >= 15 is 0 Å². The minimum atomic E-state index is 0.127. The molecule has 1 aromatic rings. The molecular weight excluding hydrogens is 212 g/mol. The minimum absolute atomic E-state index is 0.127. The van der Waals surface area contributed by atoms with Crippen LogP contribution in [0.4, 0.5) is 0 Å². The van der Waals surface area contributed by atoms with Gasteiger partial charge >= 0.3 is 0 Å². The summed E-state index contributed by atoms with van der Waals surface area (Å²) in [7, 11) is 0. The number of hydrogen-bond donors (Lipinski definition) is 2. The summed E-state index contributed by atoms with van der Waals surface area (Å²) in [5.41, 5.74) is 2.29. The fourth-order valence-corrected chi connectivity index (χ4v) is 2.22. The van der Waals surface area contributed by atoms with Gasteiger partial charge in [-0.25, -0.2) is 0 Å². The van der Waals surface area contributed by atoms with Crippen LogP contribution in [0.1, 0.15) is 17.5 Å². The summed E-state index contributed by atoms with van der Waals surface area (Å²) in [6, 6.07) is 8.12. The van der Waals surface area contributed by atoms with Gasteiger partial charge in [-0.3, -0.25) is 4.79 Å². The van der Waals surface area contributed by atoms with Gasteiger partial charge in [0, 0.05) is 6.54 Å². The molecule has 1 atom stereocenters. The highest BCUT2D eigenvalue weighted by molar-refractivity contribution is 5.78. The second-order valence-electron chi connectivity index (χ2n) is 4.83. The predicted octanol–water partition coefficient (Wildman–Crippen LogP) is 1.26. The maximum absolute atomic E-state index is 11.7. The standard InChI is InChI=1S/C14H20N2O/c1-11-3-2-4-12(7-11)8-14(17)16-10-13-5-6-15-9-13/h2-4,7,13,15H,5-6,8-10H2,1H3,(H,16,17). The van der Waals surface area contributed by atoms with Crippen molar-refractivity contribution in [2.75, 3.05) is 19.6 Å². The van der Waals surface area contributed by atoms with Crippen LogP contribution < -0.4 is 10.6 Å². The first-order chi connectivity index (χ1) is 8.24. The summed E-state index contributed by atoms with van der Waals surface area (Å²) in [6.07, 6.45) is 1.66. The van der Waals surface area contributed by atoms with Crippen LogP contribution in [0.15, 0.2) is 24.3 Å². The van der Waals surface area contributed by atoms with Gasteiger partial charge in [-0.1, -0.05) is 29.8 Å². The molecule has 17 heavy (non-hydrogen) atoms. The van der Waals surface area contributed by atoms with Crippen molar-refractivity contribution in [3.8, 4) is 0 Å². The van der Waals surface area contributed by atoms with Gasteiger partial charge in [0.15, 0.2) is 0 Å². The van der Waals surface area contributed by atoms with Gasteiger partial charge in [0.2, 0.25) is 5.91 Å². The molecule has 0 spiro atoms. The predicted molar refractivity (Wildman–Crippen MR) is 68.9 cm³/mol. The largest absolute Gasteiger partial charge is 0.355 e. The quantitative estimate of drug-likeness (QED) is 0.820. The van der Waals surface area contributed by atoms with Crippen molar-refractivity contribution < 1.29 is 4.79 Å². The Kier molecular flexibility index (Phi) is 4.15. The molecule has 2 rings (SSSR count). The molecule has 1 heterocycles. The molecule has 0 saturated carbocycles. The summed E-state index contributed by atoms with van der Waals surface area (Å²) in [5, 5.41) is 6.32. The third-order valence-corrected chi connectivity index (χ3v) is 3.20. The van der Waals surface area contributed by atoms with Gasteiger partial charge in [0.25, 0.3) is 0 Å². The lowest BCUT2D eigenvalue weighted by atomic mass is 10.1. The molecule has 92 valence electrons. The van der Waals surface area contributed by atoms with Crippen molar-refractivity contribution in [1.29, 1.82) is 0 Å². The monoisotopic (exact) mass is 232 g/mol. The topological polar surface area (TPSA) is 41.1 Å². The smallest absolute Gasteiger partial charge is 0.224 e. The van der Waals surface area contributed by atoms with E-state index in [1.807, 2.05) is 25.1 Å². The number of benzene rings is 1. The fraction of sp³-hybridized carbons (Fsp3) is 0.500. The van der Waals surface area contributed by atoms with E-state index in [9.17, 15) is 4.79 Å². The Morgan fingerprint density at radius 2 is 2.41 bits per heavy atom. The molecule has 0 aromatic heterocycles. The van der Waals surface area contributed by atoms with E-state index in [1.54, 1.807) is 0 Å². The van der Waals surface area contributed by atoms with Gasteiger partial charge in [-0.2, -0.15) is 0 Å². The lowest BCUT2D eigenvalue weighted by molar-refractivity contribution is -0.120. The second-order valence-corrected chi connectivity index (χ2v) is 4.83. The number of amides is 1. The maximum Gasteiger partial charge on any atom is 0.224 e. The molecule has 1 aromatic carbocycles. The second kappa shape index (κ2) is 5.82. The molecule has 1 saturated heterocycles. The van der Waals surface area contributed by atoms with Crippen molar-refractivity contribution >= 4 is 5.91 Å². The van der Waals surface area contributed by atoms with Crippen molar-refractivity contribution in [2.24, 2.45) is 5.92 Å². The van der Waals surface area contributed by atoms with Crippen LogP contribution in [0.25, 0.3) is 0 Å². The highest BCUT2D eigenvalue weighted by atomic mass is 16.1. The molecule has 1 aliphatic heterocycles. The van der Waals surface area contributed by atoms with E-state index in [0.29, 0.717) is 12.3 Å². The lowest BCUT2D eigenvalue weighted by Crippen LogP contribution is -2.31. The molecule has 3 heteroatoms. The third-order valence-electron chi connectivity index (χ3n) is 3.20. The summed E-state index contributed by atoms with van der Waals surface area (Å²) >= 11 is 0. The van der Waals surface area contributed by atoms with E-state index in [1.165, 1.54) is 12.0 Å². The van der Waals surface area contributed by atoms with E-state index in [0.717, 1.165) is 25.2 Å². The Bertz CT molecular complexity index is 384. The van der Waals surface area contributed by atoms with Crippen LogP contribution in [-0.4, -0.2) is 25.5 Å². The van der Waals surface area contributed by atoms with Crippen LogP contribution in [-0.2, 0) is 11.2 Å². The SMILES string of the molecule is Cc1cccc(CC(=O)NCC2CCNC2)c1. The summed E-state index contributed by atoms with van der Waals surface area (Å²) < 4.78 is 0. The van der Waals surface area contributed by atoms with Crippen LogP contribution in [0.5, 0.6) is 0 Å². The molecular formula is C14H20N2O. The fourth-order valence-electron chi connectivity index (χ4n) is 2.22. The molecule has 1 fully saturated rings. The Labute approximate surface area is 103 Å². The summed E-state index contributed by atoms with van der Waals surface area (Å²) in [6.45, 7) is 4.96. The zero-order valence-corrected chi connectivity index (χ0v) is 10.3. The van der Waals surface area contributed by atoms with Crippen LogP contribution in [0.2, 0.25) is 0 Å². The molecule has 1 aliphatic rings. The van der Waals surface area contributed by atoms with Crippen LogP contribution >= 0.6 is 0 Å². The van der Waals surface area contributed by atoms with E-state index < -0.39 is 0 Å². The molecule has 2 N–H and O–H groups in total. The first-order valence-electron chi connectivity index (χ1n) is 6.27. The lowest BCUT2D eigenvalue weighted by Gasteiger charge is -2.10.